The van der Waals surface area contributed by atoms with Crippen LogP contribution < -0.4 is 20.1 Å². The molecular weight excluding hydrogens is 316 g/mol. The highest BCUT2D eigenvalue weighted by Crippen LogP contribution is 2.27. The fourth-order valence-electron chi connectivity index (χ4n) is 3.14. The Morgan fingerprint density at radius 3 is 2.60 bits per heavy atom. The van der Waals surface area contributed by atoms with Crippen LogP contribution in [0.3, 0.4) is 0 Å². The topological polar surface area (TPSA) is 68.3 Å². The van der Waals surface area contributed by atoms with Crippen molar-refractivity contribution in [1.29, 1.82) is 0 Å². The summed E-state index contributed by atoms with van der Waals surface area (Å²) >= 11 is 0. The number of ether oxygens (including phenoxy) is 2. The lowest BCUT2D eigenvalue weighted by molar-refractivity contribution is 0.354. The number of rotatable bonds is 7. The molecule has 1 saturated carbocycles. The Balaban J connectivity index is 1.60. The molecule has 6 heteroatoms. The molecule has 0 atom stereocenters. The van der Waals surface area contributed by atoms with E-state index >= 15 is 0 Å². The molecule has 0 aliphatic heterocycles. The molecule has 1 aliphatic rings. The minimum Gasteiger partial charge on any atom is -0.493 e. The van der Waals surface area contributed by atoms with E-state index in [2.05, 4.69) is 20.6 Å². The predicted octanol–water partition coefficient (Wildman–Crippen LogP) is 3.85. The fraction of sp³-hybridized carbons (Fsp3) is 0.474. The lowest BCUT2D eigenvalue weighted by Gasteiger charge is -2.22. The number of nitrogens with one attached hydrogen (secondary N) is 2. The van der Waals surface area contributed by atoms with Gasteiger partial charge in [-0.05, 0) is 36.6 Å². The molecule has 0 saturated heterocycles. The number of nitrogens with zero attached hydrogens (tertiary/aromatic N) is 2. The highest BCUT2D eigenvalue weighted by Gasteiger charge is 2.14. The van der Waals surface area contributed by atoms with E-state index < -0.39 is 0 Å². The maximum atomic E-state index is 5.34. The molecule has 1 fully saturated rings. The van der Waals surface area contributed by atoms with Crippen LogP contribution in [0.25, 0.3) is 0 Å². The van der Waals surface area contributed by atoms with E-state index in [9.17, 15) is 0 Å². The zero-order chi connectivity index (χ0) is 17.5. The Kier molecular flexibility index (Phi) is 5.93. The van der Waals surface area contributed by atoms with E-state index in [-0.39, 0.29) is 0 Å². The molecule has 3 rings (SSSR count). The normalized spacial score (nSPS) is 14.8. The first-order valence-electron chi connectivity index (χ1n) is 8.83. The summed E-state index contributed by atoms with van der Waals surface area (Å²) in [6.07, 6.45) is 8.10. The van der Waals surface area contributed by atoms with Crippen molar-refractivity contribution >= 4 is 11.8 Å². The van der Waals surface area contributed by atoms with Crippen LogP contribution in [0, 0.1) is 0 Å². The highest BCUT2D eigenvalue weighted by atomic mass is 16.5. The molecule has 0 unspecified atom stereocenters. The average molecular weight is 342 g/mol. The van der Waals surface area contributed by atoms with Crippen molar-refractivity contribution in [2.75, 3.05) is 24.9 Å². The van der Waals surface area contributed by atoms with Crippen LogP contribution in [-0.2, 0) is 6.54 Å². The van der Waals surface area contributed by atoms with Crippen LogP contribution in [-0.4, -0.2) is 30.2 Å². The predicted molar refractivity (Wildman–Crippen MR) is 99.4 cm³/mol. The van der Waals surface area contributed by atoms with E-state index in [0.29, 0.717) is 18.5 Å². The molecular formula is C19H26N4O2. The van der Waals surface area contributed by atoms with Crippen LogP contribution in [0.2, 0.25) is 0 Å². The van der Waals surface area contributed by atoms with Crippen molar-refractivity contribution in [3.63, 3.8) is 0 Å². The second-order valence-electron chi connectivity index (χ2n) is 6.29. The molecule has 134 valence electrons. The molecule has 6 nitrogen and oxygen atoms in total. The second kappa shape index (κ2) is 8.55. The SMILES string of the molecule is COc1ccc(CNc2ccnc(NC3CCCCC3)n2)cc1OC. The van der Waals surface area contributed by atoms with Crippen LogP contribution in [0.4, 0.5) is 11.8 Å². The zero-order valence-electron chi connectivity index (χ0n) is 14.9. The highest BCUT2D eigenvalue weighted by molar-refractivity contribution is 5.45. The van der Waals surface area contributed by atoms with Gasteiger partial charge in [0.25, 0.3) is 0 Å². The van der Waals surface area contributed by atoms with Crippen LogP contribution in [0.5, 0.6) is 11.5 Å². The molecule has 0 spiro atoms. The molecule has 0 radical (unpaired) electrons. The molecule has 1 aliphatic carbocycles. The molecule has 1 aromatic carbocycles. The maximum absolute atomic E-state index is 5.34. The minimum absolute atomic E-state index is 0.495. The third-order valence-corrected chi connectivity index (χ3v) is 4.52. The molecule has 0 amide bonds. The Hall–Kier alpha value is -2.50. The molecule has 1 heterocycles. The number of methoxy groups -OCH3 is 2. The third kappa shape index (κ3) is 4.75. The monoisotopic (exact) mass is 342 g/mol. The van der Waals surface area contributed by atoms with E-state index in [4.69, 9.17) is 9.47 Å². The van der Waals surface area contributed by atoms with Gasteiger partial charge in [0.05, 0.1) is 14.2 Å². The van der Waals surface area contributed by atoms with E-state index in [1.165, 1.54) is 32.1 Å². The summed E-state index contributed by atoms with van der Waals surface area (Å²) in [5.74, 6) is 2.96. The van der Waals surface area contributed by atoms with Gasteiger partial charge in [-0.15, -0.1) is 0 Å². The van der Waals surface area contributed by atoms with Gasteiger partial charge in [0.2, 0.25) is 5.95 Å². The number of hydrogen-bond donors (Lipinski definition) is 2. The summed E-state index contributed by atoms with van der Waals surface area (Å²) < 4.78 is 10.6. The second-order valence-corrected chi connectivity index (χ2v) is 6.29. The number of hydrogen-bond acceptors (Lipinski definition) is 6. The van der Waals surface area contributed by atoms with Gasteiger partial charge < -0.3 is 20.1 Å². The lowest BCUT2D eigenvalue weighted by atomic mass is 9.96. The summed E-state index contributed by atoms with van der Waals surface area (Å²) in [5, 5.41) is 6.79. The first-order chi connectivity index (χ1) is 12.3. The van der Waals surface area contributed by atoms with Crippen molar-refractivity contribution in [3.8, 4) is 11.5 Å². The summed E-state index contributed by atoms with van der Waals surface area (Å²) in [4.78, 5) is 8.91. The van der Waals surface area contributed by atoms with Gasteiger partial charge in [-0.3, -0.25) is 0 Å². The average Bonchev–Trinajstić information content (AvgIpc) is 2.67. The Morgan fingerprint density at radius 1 is 1.04 bits per heavy atom. The molecule has 25 heavy (non-hydrogen) atoms. The standard InChI is InChI=1S/C19H26N4O2/c1-24-16-9-8-14(12-17(16)25-2)13-21-18-10-11-20-19(23-18)22-15-6-4-3-5-7-15/h8-12,15H,3-7,13H2,1-2H3,(H2,20,21,22,23). The summed E-state index contributed by atoms with van der Waals surface area (Å²) in [6.45, 7) is 0.653. The summed E-state index contributed by atoms with van der Waals surface area (Å²) in [7, 11) is 3.28. The largest absolute Gasteiger partial charge is 0.493 e. The van der Waals surface area contributed by atoms with E-state index in [1.54, 1.807) is 20.4 Å². The van der Waals surface area contributed by atoms with Crippen molar-refractivity contribution in [2.45, 2.75) is 44.7 Å². The van der Waals surface area contributed by atoms with Crippen molar-refractivity contribution in [3.05, 3.63) is 36.0 Å². The first-order valence-corrected chi connectivity index (χ1v) is 8.83. The van der Waals surface area contributed by atoms with Crippen molar-refractivity contribution in [2.24, 2.45) is 0 Å². The number of anilines is 2. The Labute approximate surface area is 149 Å². The van der Waals surface area contributed by atoms with Gasteiger partial charge in [0.1, 0.15) is 5.82 Å². The van der Waals surface area contributed by atoms with Gasteiger partial charge in [0, 0.05) is 18.8 Å². The smallest absolute Gasteiger partial charge is 0.224 e. The Morgan fingerprint density at radius 2 is 1.84 bits per heavy atom. The van der Waals surface area contributed by atoms with E-state index in [1.807, 2.05) is 24.3 Å². The quantitative estimate of drug-likeness (QED) is 0.796. The lowest BCUT2D eigenvalue weighted by Crippen LogP contribution is -2.23. The molecule has 2 aromatic rings. The van der Waals surface area contributed by atoms with Gasteiger partial charge >= 0.3 is 0 Å². The van der Waals surface area contributed by atoms with Gasteiger partial charge in [-0.2, -0.15) is 4.98 Å². The first kappa shape index (κ1) is 17.3. The van der Waals surface area contributed by atoms with Gasteiger partial charge in [-0.25, -0.2) is 4.98 Å². The molecule has 2 N–H and O–H groups in total. The molecule has 0 bridgehead atoms. The fourth-order valence-corrected chi connectivity index (χ4v) is 3.14. The van der Waals surface area contributed by atoms with Gasteiger partial charge in [0.15, 0.2) is 11.5 Å². The van der Waals surface area contributed by atoms with Crippen molar-refractivity contribution < 1.29 is 9.47 Å². The van der Waals surface area contributed by atoms with E-state index in [0.717, 1.165) is 22.9 Å². The molecule has 1 aromatic heterocycles. The Bertz CT molecular complexity index is 687. The van der Waals surface area contributed by atoms with Crippen LogP contribution in [0.1, 0.15) is 37.7 Å². The van der Waals surface area contributed by atoms with Crippen LogP contribution >= 0.6 is 0 Å². The summed E-state index contributed by atoms with van der Waals surface area (Å²) in [6, 6.07) is 8.26. The number of benzene rings is 1. The van der Waals surface area contributed by atoms with Gasteiger partial charge in [-0.1, -0.05) is 25.3 Å². The minimum atomic E-state index is 0.495. The zero-order valence-corrected chi connectivity index (χ0v) is 14.9. The van der Waals surface area contributed by atoms with Crippen LogP contribution in [0.15, 0.2) is 30.5 Å². The summed E-state index contributed by atoms with van der Waals surface area (Å²) in [5.41, 5.74) is 1.10. The third-order valence-electron chi connectivity index (χ3n) is 4.52. The maximum Gasteiger partial charge on any atom is 0.224 e. The number of aromatic nitrogens is 2. The van der Waals surface area contributed by atoms with Crippen molar-refractivity contribution in [1.82, 2.24) is 9.97 Å².